The van der Waals surface area contributed by atoms with E-state index in [0.717, 1.165) is 0 Å². The highest BCUT2D eigenvalue weighted by atomic mass is 16.5. The van der Waals surface area contributed by atoms with E-state index < -0.39 is 11.9 Å². The predicted molar refractivity (Wildman–Crippen MR) is 47.5 cm³/mol. The minimum atomic E-state index is -0.873. The molecule has 5 nitrogen and oxygen atoms in total. The van der Waals surface area contributed by atoms with Crippen LogP contribution < -0.4 is 0 Å². The van der Waals surface area contributed by atoms with E-state index in [0.29, 0.717) is 19.4 Å². The van der Waals surface area contributed by atoms with Crippen LogP contribution in [-0.2, 0) is 19.1 Å². The van der Waals surface area contributed by atoms with E-state index in [2.05, 4.69) is 4.74 Å². The Morgan fingerprint density at radius 2 is 2.21 bits per heavy atom. The normalized spacial score (nSPS) is 16.6. The number of likely N-dealkylation sites (tertiary alicyclic amines) is 1. The van der Waals surface area contributed by atoms with Gasteiger partial charge in [-0.2, -0.15) is 0 Å². The Hall–Kier alpha value is -1.39. The summed E-state index contributed by atoms with van der Waals surface area (Å²) < 4.78 is 4.55. The van der Waals surface area contributed by atoms with E-state index in [9.17, 15) is 14.4 Å². The Morgan fingerprint density at radius 1 is 1.50 bits per heavy atom. The number of ether oxygens (including phenoxy) is 1. The number of piperidine rings is 1. The smallest absolute Gasteiger partial charge is 0.397 e. The number of Topliss-reactive ketones (excluding diaryl/α,β-unsaturated/α-hetero) is 1. The van der Waals surface area contributed by atoms with E-state index >= 15 is 0 Å². The van der Waals surface area contributed by atoms with Crippen molar-refractivity contribution in [2.75, 3.05) is 19.7 Å². The van der Waals surface area contributed by atoms with Gasteiger partial charge in [0.2, 0.25) is 0 Å². The predicted octanol–water partition coefficient (Wildman–Crippen LogP) is -0.259. The lowest BCUT2D eigenvalue weighted by Gasteiger charge is -2.24. The van der Waals surface area contributed by atoms with Crippen LogP contribution in [0.1, 0.15) is 19.8 Å². The zero-order valence-corrected chi connectivity index (χ0v) is 8.12. The molecule has 1 heterocycles. The van der Waals surface area contributed by atoms with Gasteiger partial charge >= 0.3 is 11.9 Å². The van der Waals surface area contributed by atoms with Gasteiger partial charge in [-0.3, -0.25) is 9.59 Å². The first-order chi connectivity index (χ1) is 6.65. The number of carbonyl (C=O) groups excluding carboxylic acids is 3. The summed E-state index contributed by atoms with van der Waals surface area (Å²) in [6.07, 6.45) is 1.12. The molecule has 0 aliphatic carbocycles. The monoisotopic (exact) mass is 199 g/mol. The first-order valence-electron chi connectivity index (χ1n) is 4.63. The van der Waals surface area contributed by atoms with Crippen molar-refractivity contribution in [3.05, 3.63) is 0 Å². The number of amides is 1. The molecule has 5 heteroatoms. The van der Waals surface area contributed by atoms with Crippen LogP contribution in [0.3, 0.4) is 0 Å². The second kappa shape index (κ2) is 4.74. The molecule has 1 aliphatic heterocycles. The summed E-state index contributed by atoms with van der Waals surface area (Å²) in [5.41, 5.74) is 0. The Kier molecular flexibility index (Phi) is 3.62. The molecular weight excluding hydrogens is 186 g/mol. The third-order valence-corrected chi connectivity index (χ3v) is 1.99. The second-order valence-electron chi connectivity index (χ2n) is 3.09. The molecule has 1 saturated heterocycles. The molecule has 1 aliphatic rings. The topological polar surface area (TPSA) is 63.7 Å². The third kappa shape index (κ3) is 2.55. The lowest BCUT2D eigenvalue weighted by molar-refractivity contribution is -0.160. The number of carbonyl (C=O) groups is 3. The van der Waals surface area contributed by atoms with Crippen LogP contribution in [-0.4, -0.2) is 42.3 Å². The summed E-state index contributed by atoms with van der Waals surface area (Å²) in [5, 5.41) is 0. The average Bonchev–Trinajstić information content (AvgIpc) is 2.17. The van der Waals surface area contributed by atoms with E-state index in [1.54, 1.807) is 6.92 Å². The van der Waals surface area contributed by atoms with Gasteiger partial charge < -0.3 is 9.64 Å². The first-order valence-corrected chi connectivity index (χ1v) is 4.63. The summed E-state index contributed by atoms with van der Waals surface area (Å²) in [7, 11) is 0. The van der Waals surface area contributed by atoms with Crippen molar-refractivity contribution in [1.29, 1.82) is 0 Å². The van der Waals surface area contributed by atoms with E-state index in [1.807, 2.05) is 0 Å². The van der Waals surface area contributed by atoms with Crippen LogP contribution in [0.15, 0.2) is 0 Å². The van der Waals surface area contributed by atoms with Crippen LogP contribution in [0.25, 0.3) is 0 Å². The third-order valence-electron chi connectivity index (χ3n) is 1.99. The molecule has 0 bridgehead atoms. The van der Waals surface area contributed by atoms with Crippen molar-refractivity contribution in [1.82, 2.24) is 4.90 Å². The fraction of sp³-hybridized carbons (Fsp3) is 0.667. The van der Waals surface area contributed by atoms with Crippen molar-refractivity contribution < 1.29 is 19.1 Å². The molecule has 0 N–H and O–H groups in total. The molecule has 0 aromatic heterocycles. The van der Waals surface area contributed by atoms with Gasteiger partial charge in [0, 0.05) is 13.0 Å². The van der Waals surface area contributed by atoms with Gasteiger partial charge in [-0.1, -0.05) is 0 Å². The Labute approximate surface area is 82.0 Å². The maximum absolute atomic E-state index is 11.3. The number of ketones is 1. The Morgan fingerprint density at radius 3 is 2.79 bits per heavy atom. The zero-order chi connectivity index (χ0) is 10.6. The molecule has 0 radical (unpaired) electrons. The minimum Gasteiger partial charge on any atom is -0.459 e. The van der Waals surface area contributed by atoms with Crippen LogP contribution in [0.4, 0.5) is 0 Å². The zero-order valence-electron chi connectivity index (χ0n) is 8.12. The number of rotatable bonds is 1. The average molecular weight is 199 g/mol. The molecule has 0 unspecified atom stereocenters. The van der Waals surface area contributed by atoms with Crippen molar-refractivity contribution in [3.63, 3.8) is 0 Å². The molecular formula is C9H13NO4. The molecule has 14 heavy (non-hydrogen) atoms. The van der Waals surface area contributed by atoms with Crippen molar-refractivity contribution >= 4 is 17.7 Å². The van der Waals surface area contributed by atoms with Crippen LogP contribution in [0, 0.1) is 0 Å². The number of hydrogen-bond acceptors (Lipinski definition) is 4. The van der Waals surface area contributed by atoms with E-state index in [-0.39, 0.29) is 18.9 Å². The molecule has 78 valence electrons. The fourth-order valence-corrected chi connectivity index (χ4v) is 1.33. The highest BCUT2D eigenvalue weighted by molar-refractivity contribution is 6.32. The lowest BCUT2D eigenvalue weighted by Crippen LogP contribution is -2.44. The maximum Gasteiger partial charge on any atom is 0.397 e. The molecule has 0 saturated carbocycles. The Bertz CT molecular complexity index is 262. The van der Waals surface area contributed by atoms with Gasteiger partial charge in [0.1, 0.15) is 0 Å². The maximum atomic E-state index is 11.3. The van der Waals surface area contributed by atoms with Gasteiger partial charge in [-0.05, 0) is 13.3 Å². The van der Waals surface area contributed by atoms with E-state index in [1.165, 1.54) is 4.90 Å². The molecule has 1 rings (SSSR count). The first kappa shape index (κ1) is 10.7. The van der Waals surface area contributed by atoms with Gasteiger partial charge in [-0.15, -0.1) is 0 Å². The van der Waals surface area contributed by atoms with Crippen molar-refractivity contribution in [3.8, 4) is 0 Å². The summed E-state index contributed by atoms with van der Waals surface area (Å²) in [5.74, 6) is -1.59. The quantitative estimate of drug-likeness (QED) is 0.431. The molecule has 0 spiro atoms. The van der Waals surface area contributed by atoms with Crippen LogP contribution in [0.5, 0.6) is 0 Å². The van der Waals surface area contributed by atoms with Gasteiger partial charge in [0.05, 0.1) is 13.2 Å². The molecule has 1 amide bonds. The van der Waals surface area contributed by atoms with Gasteiger partial charge in [0.15, 0.2) is 5.78 Å². The largest absolute Gasteiger partial charge is 0.459 e. The highest BCUT2D eigenvalue weighted by Crippen LogP contribution is 2.06. The number of nitrogens with zero attached hydrogens (tertiary/aromatic N) is 1. The highest BCUT2D eigenvalue weighted by Gasteiger charge is 2.27. The van der Waals surface area contributed by atoms with Gasteiger partial charge in [0.25, 0.3) is 0 Å². The minimum absolute atomic E-state index is 0.00565. The summed E-state index contributed by atoms with van der Waals surface area (Å²) >= 11 is 0. The molecule has 1 fully saturated rings. The number of esters is 1. The van der Waals surface area contributed by atoms with Crippen LogP contribution >= 0.6 is 0 Å². The number of hydrogen-bond donors (Lipinski definition) is 0. The summed E-state index contributed by atoms with van der Waals surface area (Å²) in [4.78, 5) is 34.6. The van der Waals surface area contributed by atoms with Crippen molar-refractivity contribution in [2.24, 2.45) is 0 Å². The molecule has 0 aromatic carbocycles. The Balaban J connectivity index is 2.51. The van der Waals surface area contributed by atoms with Gasteiger partial charge in [-0.25, -0.2) is 4.79 Å². The summed E-state index contributed by atoms with van der Waals surface area (Å²) in [6, 6.07) is 0. The van der Waals surface area contributed by atoms with E-state index in [4.69, 9.17) is 0 Å². The molecule has 0 atom stereocenters. The lowest BCUT2D eigenvalue weighted by atomic mass is 10.1. The second-order valence-corrected chi connectivity index (χ2v) is 3.09. The SMILES string of the molecule is CCOC(=O)C(=O)N1CCCC(=O)C1. The fourth-order valence-electron chi connectivity index (χ4n) is 1.33. The van der Waals surface area contributed by atoms with Crippen molar-refractivity contribution in [2.45, 2.75) is 19.8 Å². The standard InChI is InChI=1S/C9H13NO4/c1-2-14-9(13)8(12)10-5-3-4-7(11)6-10/h2-6H2,1H3. The van der Waals surface area contributed by atoms with Crippen LogP contribution in [0.2, 0.25) is 0 Å². The summed E-state index contributed by atoms with van der Waals surface area (Å²) in [6.45, 7) is 2.31. The molecule has 0 aromatic rings.